The Hall–Kier alpha value is -1.35. The SMILES string of the molecule is CC1C2CC3CC1CC(C2)C3(CC(=O)N1CCC(O)CC1)c1ccccc1. The van der Waals surface area contributed by atoms with E-state index < -0.39 is 0 Å². The minimum absolute atomic E-state index is 0.0432. The molecule has 1 N–H and O–H groups in total. The van der Waals surface area contributed by atoms with Crippen LogP contribution in [0.2, 0.25) is 0 Å². The average Bonchev–Trinajstić information content (AvgIpc) is 2.67. The van der Waals surface area contributed by atoms with E-state index in [0.29, 0.717) is 24.2 Å². The summed E-state index contributed by atoms with van der Waals surface area (Å²) in [6, 6.07) is 11.0. The fourth-order valence-corrected chi connectivity index (χ4v) is 7.35. The Balaban J connectivity index is 1.47. The van der Waals surface area contributed by atoms with E-state index in [0.717, 1.165) is 43.7 Å². The smallest absolute Gasteiger partial charge is 0.223 e. The van der Waals surface area contributed by atoms with E-state index in [9.17, 15) is 9.90 Å². The number of likely N-dealkylation sites (tertiary alicyclic amines) is 1. The molecule has 0 spiro atoms. The molecule has 0 atom stereocenters. The molecule has 3 heteroatoms. The number of rotatable bonds is 3. The van der Waals surface area contributed by atoms with Gasteiger partial charge in [0.25, 0.3) is 0 Å². The summed E-state index contributed by atoms with van der Waals surface area (Å²) in [5.74, 6) is 4.29. The third kappa shape index (κ3) is 2.76. The van der Waals surface area contributed by atoms with E-state index >= 15 is 0 Å². The summed E-state index contributed by atoms with van der Waals surface area (Å²) >= 11 is 0. The van der Waals surface area contributed by atoms with Gasteiger partial charge >= 0.3 is 0 Å². The van der Waals surface area contributed by atoms with Crippen molar-refractivity contribution in [1.82, 2.24) is 4.90 Å². The van der Waals surface area contributed by atoms with Crippen LogP contribution < -0.4 is 0 Å². The standard InChI is InChI=1S/C24H33NO2/c1-16-17-11-20-13-18(16)14-21(12-17)24(20,19-5-3-2-4-6-19)15-23(27)25-9-7-22(26)8-10-25/h2-6,16-18,20-22,26H,7-15H2,1H3. The van der Waals surface area contributed by atoms with Crippen LogP contribution in [0.15, 0.2) is 30.3 Å². The van der Waals surface area contributed by atoms with Crippen LogP contribution in [0.1, 0.15) is 57.4 Å². The summed E-state index contributed by atoms with van der Waals surface area (Å²) in [7, 11) is 0. The topological polar surface area (TPSA) is 40.5 Å². The van der Waals surface area contributed by atoms with E-state index in [2.05, 4.69) is 37.3 Å². The number of carbonyl (C=O) groups is 1. The maximum Gasteiger partial charge on any atom is 0.223 e. The van der Waals surface area contributed by atoms with Gasteiger partial charge in [-0.15, -0.1) is 0 Å². The first kappa shape index (κ1) is 17.7. The Morgan fingerprint density at radius 3 is 2.15 bits per heavy atom. The molecule has 5 fully saturated rings. The number of carbonyl (C=O) groups excluding carboxylic acids is 1. The van der Waals surface area contributed by atoms with Crippen LogP contribution in [0.3, 0.4) is 0 Å². The normalized spacial score (nSPS) is 41.1. The molecule has 4 saturated carbocycles. The monoisotopic (exact) mass is 367 g/mol. The second-order valence-electron chi connectivity index (χ2n) is 9.91. The lowest BCUT2D eigenvalue weighted by atomic mass is 9.41. The lowest BCUT2D eigenvalue weighted by molar-refractivity contribution is -0.144. The van der Waals surface area contributed by atoms with Gasteiger partial charge in [0.1, 0.15) is 0 Å². The van der Waals surface area contributed by atoms with Crippen LogP contribution >= 0.6 is 0 Å². The first-order chi connectivity index (χ1) is 13.1. The summed E-state index contributed by atoms with van der Waals surface area (Å²) in [5.41, 5.74) is 1.46. The van der Waals surface area contributed by atoms with Gasteiger partial charge in [-0.3, -0.25) is 4.79 Å². The maximum absolute atomic E-state index is 13.4. The van der Waals surface area contributed by atoms with Gasteiger partial charge in [-0.1, -0.05) is 37.3 Å². The van der Waals surface area contributed by atoms with E-state index in [-0.39, 0.29) is 11.5 Å². The number of nitrogens with zero attached hydrogens (tertiary/aromatic N) is 1. The number of benzene rings is 1. The Morgan fingerprint density at radius 2 is 1.59 bits per heavy atom. The number of hydrogen-bond acceptors (Lipinski definition) is 2. The molecule has 4 aliphatic carbocycles. The van der Waals surface area contributed by atoms with Crippen molar-refractivity contribution in [2.45, 2.75) is 63.4 Å². The number of aliphatic hydroxyl groups excluding tert-OH is 1. The zero-order valence-electron chi connectivity index (χ0n) is 16.5. The van der Waals surface area contributed by atoms with Crippen molar-refractivity contribution in [2.24, 2.45) is 29.6 Å². The van der Waals surface area contributed by atoms with Crippen LogP contribution in [0.4, 0.5) is 0 Å². The Bertz CT molecular complexity index is 662. The second kappa shape index (κ2) is 6.62. The molecule has 5 aliphatic rings. The van der Waals surface area contributed by atoms with Crippen LogP contribution in [0, 0.1) is 29.6 Å². The highest BCUT2D eigenvalue weighted by Crippen LogP contribution is 2.65. The number of piperidine rings is 1. The lowest BCUT2D eigenvalue weighted by Gasteiger charge is -2.64. The average molecular weight is 368 g/mol. The highest BCUT2D eigenvalue weighted by atomic mass is 16.3. The quantitative estimate of drug-likeness (QED) is 0.877. The van der Waals surface area contributed by atoms with Crippen molar-refractivity contribution in [3.05, 3.63) is 35.9 Å². The molecule has 1 aromatic rings. The predicted octanol–water partition coefficient (Wildman–Crippen LogP) is 4.00. The third-order valence-electron chi connectivity index (χ3n) is 8.87. The molecule has 1 amide bonds. The highest BCUT2D eigenvalue weighted by molar-refractivity contribution is 5.78. The van der Waals surface area contributed by atoms with Crippen LogP contribution in [-0.4, -0.2) is 35.1 Å². The van der Waals surface area contributed by atoms with E-state index in [4.69, 9.17) is 0 Å². The van der Waals surface area contributed by atoms with Crippen LogP contribution in [0.25, 0.3) is 0 Å². The van der Waals surface area contributed by atoms with Crippen molar-refractivity contribution >= 4 is 5.91 Å². The molecular formula is C24H33NO2. The summed E-state index contributed by atoms with van der Waals surface area (Å²) in [4.78, 5) is 15.4. The molecule has 27 heavy (non-hydrogen) atoms. The third-order valence-corrected chi connectivity index (χ3v) is 8.87. The maximum atomic E-state index is 13.4. The molecule has 0 unspecified atom stereocenters. The molecule has 1 aliphatic heterocycles. The summed E-state index contributed by atoms with van der Waals surface area (Å²) in [6.07, 6.45) is 7.18. The van der Waals surface area contributed by atoms with Crippen molar-refractivity contribution < 1.29 is 9.90 Å². The molecule has 0 radical (unpaired) electrons. The zero-order valence-corrected chi connectivity index (χ0v) is 16.5. The van der Waals surface area contributed by atoms with Gasteiger partial charge in [0.2, 0.25) is 5.91 Å². The zero-order chi connectivity index (χ0) is 18.6. The summed E-state index contributed by atoms with van der Waals surface area (Å²) < 4.78 is 0. The van der Waals surface area contributed by atoms with Crippen molar-refractivity contribution in [2.75, 3.05) is 13.1 Å². The van der Waals surface area contributed by atoms with E-state index in [1.165, 1.54) is 31.2 Å². The molecule has 146 valence electrons. The van der Waals surface area contributed by atoms with E-state index in [1.807, 2.05) is 4.90 Å². The molecular weight excluding hydrogens is 334 g/mol. The van der Waals surface area contributed by atoms with Crippen LogP contribution in [0.5, 0.6) is 0 Å². The molecule has 1 saturated heterocycles. The van der Waals surface area contributed by atoms with Gasteiger partial charge in [-0.05, 0) is 73.7 Å². The summed E-state index contributed by atoms with van der Waals surface area (Å²) in [6.45, 7) is 3.92. The van der Waals surface area contributed by atoms with Gasteiger partial charge in [-0.25, -0.2) is 0 Å². The molecule has 4 bridgehead atoms. The van der Waals surface area contributed by atoms with Gasteiger partial charge in [-0.2, -0.15) is 0 Å². The first-order valence-electron chi connectivity index (χ1n) is 11.1. The molecule has 1 heterocycles. The van der Waals surface area contributed by atoms with Gasteiger partial charge in [0.05, 0.1) is 6.10 Å². The van der Waals surface area contributed by atoms with Crippen molar-refractivity contribution in [3.63, 3.8) is 0 Å². The van der Waals surface area contributed by atoms with Crippen molar-refractivity contribution in [1.29, 1.82) is 0 Å². The Labute approximate surface area is 163 Å². The molecule has 0 aromatic heterocycles. The fraction of sp³-hybridized carbons (Fsp3) is 0.708. The fourth-order valence-electron chi connectivity index (χ4n) is 7.35. The largest absolute Gasteiger partial charge is 0.393 e. The van der Waals surface area contributed by atoms with Gasteiger partial charge in [0, 0.05) is 24.9 Å². The number of hydrogen-bond donors (Lipinski definition) is 1. The minimum atomic E-state index is -0.222. The molecule has 6 rings (SSSR count). The van der Waals surface area contributed by atoms with E-state index in [1.54, 1.807) is 0 Å². The molecule has 1 aromatic carbocycles. The van der Waals surface area contributed by atoms with Crippen molar-refractivity contribution in [3.8, 4) is 0 Å². The predicted molar refractivity (Wildman–Crippen MR) is 106 cm³/mol. The highest BCUT2D eigenvalue weighted by Gasteiger charge is 2.60. The Kier molecular flexibility index (Phi) is 4.34. The van der Waals surface area contributed by atoms with Gasteiger partial charge in [0.15, 0.2) is 0 Å². The lowest BCUT2D eigenvalue weighted by Crippen LogP contribution is -2.59. The molecule has 3 nitrogen and oxygen atoms in total. The second-order valence-corrected chi connectivity index (χ2v) is 9.91. The first-order valence-corrected chi connectivity index (χ1v) is 11.1. The van der Waals surface area contributed by atoms with Crippen LogP contribution in [-0.2, 0) is 10.2 Å². The minimum Gasteiger partial charge on any atom is -0.393 e. The number of aliphatic hydroxyl groups is 1. The van der Waals surface area contributed by atoms with Gasteiger partial charge < -0.3 is 10.0 Å². The number of amides is 1. The Morgan fingerprint density at radius 1 is 1.04 bits per heavy atom. The summed E-state index contributed by atoms with van der Waals surface area (Å²) in [5, 5.41) is 9.81.